The molecule has 0 bridgehead atoms. The van der Waals surface area contributed by atoms with Gasteiger partial charge in [-0.25, -0.2) is 0 Å². The average Bonchev–Trinajstić information content (AvgIpc) is 2.37. The molecule has 0 aliphatic carbocycles. The van der Waals surface area contributed by atoms with Crippen molar-refractivity contribution < 1.29 is 4.79 Å². The first-order chi connectivity index (χ1) is 8.26. The lowest BCUT2D eigenvalue weighted by atomic mass is 10.1. The molecule has 0 saturated carbocycles. The van der Waals surface area contributed by atoms with Crippen molar-refractivity contribution in [1.82, 2.24) is 0 Å². The summed E-state index contributed by atoms with van der Waals surface area (Å²) in [6.07, 6.45) is 3.56. The van der Waals surface area contributed by atoms with Gasteiger partial charge in [0.1, 0.15) is 12.4 Å². The van der Waals surface area contributed by atoms with E-state index in [0.29, 0.717) is 17.7 Å². The third-order valence-electron chi connectivity index (χ3n) is 2.46. The second-order valence-electron chi connectivity index (χ2n) is 3.74. The maximum Gasteiger partial charge on any atom is 0.150 e. The fourth-order valence-electron chi connectivity index (χ4n) is 1.73. The predicted octanol–water partition coefficient (Wildman–Crippen LogP) is 2.77. The summed E-state index contributed by atoms with van der Waals surface area (Å²) >= 11 is 0. The predicted molar refractivity (Wildman–Crippen MR) is 69.2 cm³/mol. The summed E-state index contributed by atoms with van der Waals surface area (Å²) in [5.74, 6) is 0. The molecule has 0 radical (unpaired) electrons. The van der Waals surface area contributed by atoms with E-state index in [1.54, 1.807) is 12.1 Å². The molecule has 0 heterocycles. The van der Waals surface area contributed by atoms with E-state index < -0.39 is 0 Å². The summed E-state index contributed by atoms with van der Waals surface area (Å²) < 4.78 is 0. The fourth-order valence-corrected chi connectivity index (χ4v) is 1.73. The SMILES string of the molecule is C=CCN(CCC)c1ccc(C=O)cc1C#N. The lowest BCUT2D eigenvalue weighted by molar-refractivity contribution is 0.112. The summed E-state index contributed by atoms with van der Waals surface area (Å²) in [5.41, 5.74) is 1.92. The largest absolute Gasteiger partial charge is 0.367 e. The van der Waals surface area contributed by atoms with Crippen LogP contribution in [0.25, 0.3) is 0 Å². The zero-order valence-electron chi connectivity index (χ0n) is 10.0. The molecular formula is C14H16N2O. The molecule has 3 heteroatoms. The maximum atomic E-state index is 10.7. The molecule has 0 unspecified atom stereocenters. The Morgan fingerprint density at radius 1 is 1.53 bits per heavy atom. The van der Waals surface area contributed by atoms with Crippen molar-refractivity contribution in [1.29, 1.82) is 5.26 Å². The molecule has 0 N–H and O–H groups in total. The van der Waals surface area contributed by atoms with Gasteiger partial charge in [0.2, 0.25) is 0 Å². The van der Waals surface area contributed by atoms with Crippen molar-refractivity contribution in [2.45, 2.75) is 13.3 Å². The molecule has 17 heavy (non-hydrogen) atoms. The Bertz CT molecular complexity index is 446. The van der Waals surface area contributed by atoms with Gasteiger partial charge in [-0.1, -0.05) is 13.0 Å². The summed E-state index contributed by atoms with van der Waals surface area (Å²) in [4.78, 5) is 12.8. The highest BCUT2D eigenvalue weighted by Crippen LogP contribution is 2.21. The number of hydrogen-bond donors (Lipinski definition) is 0. The number of rotatable bonds is 6. The average molecular weight is 228 g/mol. The van der Waals surface area contributed by atoms with Gasteiger partial charge in [-0.05, 0) is 24.6 Å². The van der Waals surface area contributed by atoms with Crippen LogP contribution in [0.5, 0.6) is 0 Å². The number of nitrogens with zero attached hydrogens (tertiary/aromatic N) is 2. The Morgan fingerprint density at radius 2 is 2.29 bits per heavy atom. The second-order valence-corrected chi connectivity index (χ2v) is 3.74. The van der Waals surface area contributed by atoms with Crippen LogP contribution < -0.4 is 4.90 Å². The molecule has 0 aliphatic rings. The standard InChI is InChI=1S/C14H16N2O/c1-3-7-16(8-4-2)14-6-5-12(11-17)9-13(14)10-15/h3,5-6,9,11H,1,4,7-8H2,2H3. The Labute approximate surface area is 102 Å². The lowest BCUT2D eigenvalue weighted by Gasteiger charge is -2.23. The van der Waals surface area contributed by atoms with Crippen molar-refractivity contribution in [3.8, 4) is 6.07 Å². The highest BCUT2D eigenvalue weighted by Gasteiger charge is 2.09. The van der Waals surface area contributed by atoms with Gasteiger partial charge in [0.05, 0.1) is 11.3 Å². The van der Waals surface area contributed by atoms with Crippen LogP contribution in [0.15, 0.2) is 30.9 Å². The maximum absolute atomic E-state index is 10.7. The van der Waals surface area contributed by atoms with Crippen molar-refractivity contribution in [3.05, 3.63) is 42.0 Å². The number of hydrogen-bond acceptors (Lipinski definition) is 3. The van der Waals surface area contributed by atoms with Crippen LogP contribution in [0, 0.1) is 11.3 Å². The Balaban J connectivity index is 3.13. The van der Waals surface area contributed by atoms with Crippen LogP contribution in [0.4, 0.5) is 5.69 Å². The zero-order valence-corrected chi connectivity index (χ0v) is 10.0. The summed E-state index contributed by atoms with van der Waals surface area (Å²) in [7, 11) is 0. The molecule has 0 fully saturated rings. The monoisotopic (exact) mass is 228 g/mol. The number of anilines is 1. The number of nitriles is 1. The smallest absolute Gasteiger partial charge is 0.150 e. The molecule has 0 spiro atoms. The van der Waals surface area contributed by atoms with Gasteiger partial charge < -0.3 is 4.90 Å². The molecule has 1 rings (SSSR count). The third kappa shape index (κ3) is 3.18. The van der Waals surface area contributed by atoms with Crippen molar-refractivity contribution in [2.75, 3.05) is 18.0 Å². The van der Waals surface area contributed by atoms with Gasteiger partial charge in [-0.2, -0.15) is 5.26 Å². The minimum absolute atomic E-state index is 0.528. The normalized spacial score (nSPS) is 9.41. The number of benzene rings is 1. The van der Waals surface area contributed by atoms with Gasteiger partial charge in [-0.3, -0.25) is 4.79 Å². The van der Waals surface area contributed by atoms with Crippen LogP contribution in [-0.2, 0) is 0 Å². The minimum Gasteiger partial charge on any atom is -0.367 e. The molecule has 0 aliphatic heterocycles. The molecular weight excluding hydrogens is 212 g/mol. The molecule has 0 atom stereocenters. The van der Waals surface area contributed by atoms with E-state index in [1.807, 2.05) is 12.1 Å². The molecule has 1 aromatic rings. The topological polar surface area (TPSA) is 44.1 Å². The van der Waals surface area contributed by atoms with E-state index in [9.17, 15) is 4.79 Å². The number of aldehydes is 1. The van der Waals surface area contributed by atoms with Crippen LogP contribution in [0.1, 0.15) is 29.3 Å². The molecule has 3 nitrogen and oxygen atoms in total. The van der Waals surface area contributed by atoms with Crippen molar-refractivity contribution in [2.24, 2.45) is 0 Å². The van der Waals surface area contributed by atoms with Gasteiger partial charge in [0, 0.05) is 18.7 Å². The summed E-state index contributed by atoms with van der Waals surface area (Å²) in [5, 5.41) is 9.11. The van der Waals surface area contributed by atoms with Gasteiger partial charge in [0.25, 0.3) is 0 Å². The van der Waals surface area contributed by atoms with E-state index in [4.69, 9.17) is 5.26 Å². The molecule has 0 saturated heterocycles. The Morgan fingerprint density at radius 3 is 2.82 bits per heavy atom. The first-order valence-electron chi connectivity index (χ1n) is 5.62. The minimum atomic E-state index is 0.528. The number of carbonyl (C=O) groups excluding carboxylic acids is 1. The highest BCUT2D eigenvalue weighted by atomic mass is 16.1. The third-order valence-corrected chi connectivity index (χ3v) is 2.46. The van der Waals surface area contributed by atoms with Gasteiger partial charge in [-0.15, -0.1) is 6.58 Å². The van der Waals surface area contributed by atoms with Crippen molar-refractivity contribution >= 4 is 12.0 Å². The van der Waals surface area contributed by atoms with E-state index in [2.05, 4.69) is 24.5 Å². The van der Waals surface area contributed by atoms with E-state index in [0.717, 1.165) is 24.9 Å². The second kappa shape index (κ2) is 6.49. The molecule has 1 aromatic carbocycles. The van der Waals surface area contributed by atoms with Gasteiger partial charge in [0.15, 0.2) is 0 Å². The van der Waals surface area contributed by atoms with Crippen molar-refractivity contribution in [3.63, 3.8) is 0 Å². The molecule has 0 amide bonds. The number of carbonyl (C=O) groups is 1. The Kier molecular flexibility index (Phi) is 4.96. The van der Waals surface area contributed by atoms with E-state index in [1.165, 1.54) is 0 Å². The van der Waals surface area contributed by atoms with Crippen LogP contribution in [0.3, 0.4) is 0 Å². The van der Waals surface area contributed by atoms with E-state index in [-0.39, 0.29) is 0 Å². The molecule has 88 valence electrons. The highest BCUT2D eigenvalue weighted by molar-refractivity contribution is 5.78. The zero-order chi connectivity index (χ0) is 12.7. The quantitative estimate of drug-likeness (QED) is 0.555. The summed E-state index contributed by atoms with van der Waals surface area (Å²) in [6, 6.07) is 7.30. The fraction of sp³-hybridized carbons (Fsp3) is 0.286. The summed E-state index contributed by atoms with van der Waals surface area (Å²) in [6.45, 7) is 7.36. The van der Waals surface area contributed by atoms with Crippen LogP contribution >= 0.6 is 0 Å². The molecule has 0 aromatic heterocycles. The van der Waals surface area contributed by atoms with Gasteiger partial charge >= 0.3 is 0 Å². The lowest BCUT2D eigenvalue weighted by Crippen LogP contribution is -2.24. The first kappa shape index (κ1) is 13.0. The Hall–Kier alpha value is -2.08. The van der Waals surface area contributed by atoms with Crippen LogP contribution in [-0.4, -0.2) is 19.4 Å². The van der Waals surface area contributed by atoms with Crippen LogP contribution in [0.2, 0.25) is 0 Å². The first-order valence-corrected chi connectivity index (χ1v) is 5.62. The van der Waals surface area contributed by atoms with E-state index >= 15 is 0 Å².